The van der Waals surface area contributed by atoms with Crippen LogP contribution in [0.15, 0.2) is 45.3 Å². The molecule has 6 heteroatoms. The maximum Gasteiger partial charge on any atom is 0.128 e. The summed E-state index contributed by atoms with van der Waals surface area (Å²) in [5.74, 6) is -0.288. The SMILES string of the molecule is NCC(Nc1ccc(Cl)c(Br)c1)c1cc(Br)ccc1F. The van der Waals surface area contributed by atoms with Crippen LogP contribution in [-0.4, -0.2) is 6.54 Å². The van der Waals surface area contributed by atoms with Crippen LogP contribution < -0.4 is 11.1 Å². The summed E-state index contributed by atoms with van der Waals surface area (Å²) in [4.78, 5) is 0. The fourth-order valence-corrected chi connectivity index (χ4v) is 2.71. The molecule has 0 fully saturated rings. The summed E-state index contributed by atoms with van der Waals surface area (Å²) >= 11 is 12.6. The Morgan fingerprint density at radius 2 is 1.95 bits per heavy atom. The Hall–Kier alpha value is -0.620. The summed E-state index contributed by atoms with van der Waals surface area (Å²) in [6.07, 6.45) is 0. The molecule has 0 saturated carbocycles. The van der Waals surface area contributed by atoms with Gasteiger partial charge in [-0.1, -0.05) is 27.5 Å². The number of rotatable bonds is 4. The summed E-state index contributed by atoms with van der Waals surface area (Å²) in [5.41, 5.74) is 7.09. The van der Waals surface area contributed by atoms with Crippen LogP contribution in [0.4, 0.5) is 10.1 Å². The van der Waals surface area contributed by atoms with Crippen molar-refractivity contribution in [1.29, 1.82) is 0 Å². The molecule has 0 aromatic heterocycles. The van der Waals surface area contributed by atoms with Crippen LogP contribution in [0.25, 0.3) is 0 Å². The number of nitrogens with two attached hydrogens (primary N) is 1. The van der Waals surface area contributed by atoms with Gasteiger partial charge in [0.1, 0.15) is 5.82 Å². The van der Waals surface area contributed by atoms with E-state index in [2.05, 4.69) is 37.2 Å². The molecule has 0 saturated heterocycles. The van der Waals surface area contributed by atoms with Crippen molar-refractivity contribution >= 4 is 49.1 Å². The van der Waals surface area contributed by atoms with Crippen LogP contribution in [0.5, 0.6) is 0 Å². The Labute approximate surface area is 138 Å². The fourth-order valence-electron chi connectivity index (χ4n) is 1.83. The number of benzene rings is 2. The van der Waals surface area contributed by atoms with E-state index in [1.165, 1.54) is 6.07 Å². The Morgan fingerprint density at radius 3 is 2.60 bits per heavy atom. The van der Waals surface area contributed by atoms with E-state index in [9.17, 15) is 4.39 Å². The summed E-state index contributed by atoms with van der Waals surface area (Å²) < 4.78 is 15.5. The van der Waals surface area contributed by atoms with E-state index in [1.807, 2.05) is 12.1 Å². The highest BCUT2D eigenvalue weighted by atomic mass is 79.9. The molecule has 0 aliphatic rings. The molecule has 0 bridgehead atoms. The predicted octanol–water partition coefficient (Wildman–Crippen LogP) is 5.12. The number of halogens is 4. The first-order valence-electron chi connectivity index (χ1n) is 5.88. The Bertz CT molecular complexity index is 622. The zero-order valence-corrected chi connectivity index (χ0v) is 14.3. The van der Waals surface area contributed by atoms with Gasteiger partial charge in [-0.05, 0) is 52.3 Å². The van der Waals surface area contributed by atoms with E-state index < -0.39 is 0 Å². The highest BCUT2D eigenvalue weighted by molar-refractivity contribution is 9.10. The van der Waals surface area contributed by atoms with E-state index >= 15 is 0 Å². The standard InChI is InChI=1S/C14H12Br2ClFN2/c15-8-1-4-13(18)10(5-8)14(7-19)20-9-2-3-12(17)11(16)6-9/h1-6,14,20H,7,19H2. The second-order valence-corrected chi connectivity index (χ2v) is 6.40. The second-order valence-electron chi connectivity index (χ2n) is 4.23. The van der Waals surface area contributed by atoms with Crippen LogP contribution in [0, 0.1) is 5.82 Å². The van der Waals surface area contributed by atoms with E-state index in [-0.39, 0.29) is 18.4 Å². The smallest absolute Gasteiger partial charge is 0.128 e. The molecule has 0 amide bonds. The van der Waals surface area contributed by atoms with Crippen molar-refractivity contribution < 1.29 is 4.39 Å². The summed E-state index contributed by atoms with van der Waals surface area (Å²) in [5, 5.41) is 3.83. The van der Waals surface area contributed by atoms with Crippen molar-refractivity contribution in [2.24, 2.45) is 5.73 Å². The first-order chi connectivity index (χ1) is 9.51. The van der Waals surface area contributed by atoms with Crippen LogP contribution in [0.1, 0.15) is 11.6 Å². The molecule has 3 N–H and O–H groups in total. The molecule has 1 unspecified atom stereocenters. The third-order valence-electron chi connectivity index (χ3n) is 2.83. The normalized spacial score (nSPS) is 12.2. The van der Waals surface area contributed by atoms with Gasteiger partial charge in [-0.15, -0.1) is 0 Å². The van der Waals surface area contributed by atoms with E-state index in [0.29, 0.717) is 10.6 Å². The molecule has 2 rings (SSSR count). The van der Waals surface area contributed by atoms with Gasteiger partial charge in [0.05, 0.1) is 11.1 Å². The second kappa shape index (κ2) is 6.89. The lowest BCUT2D eigenvalue weighted by atomic mass is 10.1. The van der Waals surface area contributed by atoms with Gasteiger partial charge >= 0.3 is 0 Å². The maximum atomic E-state index is 13.9. The van der Waals surface area contributed by atoms with Crippen LogP contribution in [-0.2, 0) is 0 Å². The van der Waals surface area contributed by atoms with Crippen molar-refractivity contribution in [3.63, 3.8) is 0 Å². The third-order valence-corrected chi connectivity index (χ3v) is 4.54. The van der Waals surface area contributed by atoms with Crippen molar-refractivity contribution in [1.82, 2.24) is 0 Å². The van der Waals surface area contributed by atoms with Crippen molar-refractivity contribution in [2.45, 2.75) is 6.04 Å². The van der Waals surface area contributed by atoms with Gasteiger partial charge in [0, 0.05) is 26.7 Å². The zero-order valence-electron chi connectivity index (χ0n) is 10.3. The molecule has 106 valence electrons. The molecule has 1 atom stereocenters. The lowest BCUT2D eigenvalue weighted by Crippen LogP contribution is -2.21. The number of hydrogen-bond donors (Lipinski definition) is 2. The quantitative estimate of drug-likeness (QED) is 0.718. The first-order valence-corrected chi connectivity index (χ1v) is 7.84. The van der Waals surface area contributed by atoms with Gasteiger partial charge < -0.3 is 11.1 Å². The Morgan fingerprint density at radius 1 is 1.20 bits per heavy atom. The number of hydrogen-bond acceptors (Lipinski definition) is 2. The molecule has 2 aromatic carbocycles. The highest BCUT2D eigenvalue weighted by Crippen LogP contribution is 2.29. The van der Waals surface area contributed by atoms with Crippen LogP contribution in [0.3, 0.4) is 0 Å². The minimum absolute atomic E-state index is 0.271. The van der Waals surface area contributed by atoms with Gasteiger partial charge in [-0.25, -0.2) is 4.39 Å². The monoisotopic (exact) mass is 420 g/mol. The highest BCUT2D eigenvalue weighted by Gasteiger charge is 2.15. The summed E-state index contributed by atoms with van der Waals surface area (Å²) in [6, 6.07) is 9.91. The Balaban J connectivity index is 2.28. The van der Waals surface area contributed by atoms with Gasteiger partial charge in [-0.2, -0.15) is 0 Å². The molecule has 2 aromatic rings. The van der Waals surface area contributed by atoms with Gasteiger partial charge in [0.25, 0.3) is 0 Å². The number of nitrogens with one attached hydrogen (secondary N) is 1. The lowest BCUT2D eigenvalue weighted by molar-refractivity contribution is 0.593. The van der Waals surface area contributed by atoms with Crippen molar-refractivity contribution in [3.8, 4) is 0 Å². The predicted molar refractivity (Wildman–Crippen MR) is 88.7 cm³/mol. The van der Waals surface area contributed by atoms with Gasteiger partial charge in [-0.3, -0.25) is 0 Å². The summed E-state index contributed by atoms with van der Waals surface area (Å²) in [6.45, 7) is 0.271. The molecule has 0 aliphatic heterocycles. The molecule has 0 aliphatic carbocycles. The molecule has 2 nitrogen and oxygen atoms in total. The average molecular weight is 423 g/mol. The molecule has 0 heterocycles. The van der Waals surface area contributed by atoms with Crippen LogP contribution in [0.2, 0.25) is 5.02 Å². The largest absolute Gasteiger partial charge is 0.377 e. The topological polar surface area (TPSA) is 38.0 Å². The minimum atomic E-state index is -0.319. The zero-order chi connectivity index (χ0) is 14.7. The third kappa shape index (κ3) is 3.73. The molecular formula is C14H12Br2ClFN2. The lowest BCUT2D eigenvalue weighted by Gasteiger charge is -2.20. The average Bonchev–Trinajstić information content (AvgIpc) is 2.43. The summed E-state index contributed by atoms with van der Waals surface area (Å²) in [7, 11) is 0. The van der Waals surface area contributed by atoms with E-state index in [1.54, 1.807) is 18.2 Å². The van der Waals surface area contributed by atoms with Crippen molar-refractivity contribution in [2.75, 3.05) is 11.9 Å². The van der Waals surface area contributed by atoms with Crippen molar-refractivity contribution in [3.05, 3.63) is 61.7 Å². The van der Waals surface area contributed by atoms with E-state index in [0.717, 1.165) is 14.6 Å². The van der Waals surface area contributed by atoms with Crippen LogP contribution >= 0.6 is 43.5 Å². The molecular weight excluding hydrogens is 410 g/mol. The van der Waals surface area contributed by atoms with E-state index in [4.69, 9.17) is 17.3 Å². The number of anilines is 1. The molecule has 0 radical (unpaired) electrons. The van der Waals surface area contributed by atoms with Gasteiger partial charge in [0.15, 0.2) is 0 Å². The maximum absolute atomic E-state index is 13.9. The molecule has 20 heavy (non-hydrogen) atoms. The first kappa shape index (κ1) is 15.8. The molecule has 0 spiro atoms. The van der Waals surface area contributed by atoms with Gasteiger partial charge in [0.2, 0.25) is 0 Å². The minimum Gasteiger partial charge on any atom is -0.377 e. The Kier molecular flexibility index (Phi) is 5.43. The fraction of sp³-hybridized carbons (Fsp3) is 0.143.